The lowest BCUT2D eigenvalue weighted by atomic mass is 10.1. The molecule has 112 valence electrons. The second-order valence-corrected chi connectivity index (χ2v) is 5.13. The lowest BCUT2D eigenvalue weighted by Crippen LogP contribution is -2.40. The highest BCUT2D eigenvalue weighted by Gasteiger charge is 2.05. The van der Waals surface area contributed by atoms with Crippen LogP contribution in [0.25, 0.3) is 6.08 Å². The molecule has 2 rings (SSSR count). The molecule has 0 saturated carbocycles. The van der Waals surface area contributed by atoms with Gasteiger partial charge in [-0.1, -0.05) is 41.4 Å². The van der Waals surface area contributed by atoms with Gasteiger partial charge in [0.2, 0.25) is 0 Å². The van der Waals surface area contributed by atoms with Crippen molar-refractivity contribution >= 4 is 29.5 Å². The normalized spacial score (nSPS) is 10.5. The number of hydrazine groups is 1. The maximum atomic E-state index is 11.8. The van der Waals surface area contributed by atoms with Gasteiger partial charge in [0.25, 0.3) is 11.8 Å². The van der Waals surface area contributed by atoms with Crippen LogP contribution in [0.3, 0.4) is 0 Å². The lowest BCUT2D eigenvalue weighted by molar-refractivity contribution is -0.117. The van der Waals surface area contributed by atoms with E-state index in [0.717, 1.165) is 11.1 Å². The summed E-state index contributed by atoms with van der Waals surface area (Å²) >= 11 is 5.78. The van der Waals surface area contributed by atoms with Crippen LogP contribution in [0.15, 0.2) is 54.6 Å². The summed E-state index contributed by atoms with van der Waals surface area (Å²) in [5, 5.41) is 0.631. The van der Waals surface area contributed by atoms with E-state index in [1.54, 1.807) is 42.5 Å². The number of amides is 2. The monoisotopic (exact) mass is 314 g/mol. The summed E-state index contributed by atoms with van der Waals surface area (Å²) in [6.45, 7) is 1.94. The Kier molecular flexibility index (Phi) is 5.33. The number of nitrogens with one attached hydrogen (secondary N) is 2. The predicted octanol–water partition coefficient (Wildman–Crippen LogP) is 3.12. The molecule has 0 radical (unpaired) electrons. The Balaban J connectivity index is 1.86. The molecular formula is C17H15ClN2O2. The van der Waals surface area contributed by atoms with Crippen LogP contribution in [0.4, 0.5) is 0 Å². The lowest BCUT2D eigenvalue weighted by Gasteiger charge is -2.05. The summed E-state index contributed by atoms with van der Waals surface area (Å²) in [6, 6.07) is 14.1. The molecule has 22 heavy (non-hydrogen) atoms. The molecule has 0 unspecified atom stereocenters. The second kappa shape index (κ2) is 7.43. The van der Waals surface area contributed by atoms with Crippen molar-refractivity contribution < 1.29 is 9.59 Å². The van der Waals surface area contributed by atoms with Crippen LogP contribution < -0.4 is 10.9 Å². The van der Waals surface area contributed by atoms with E-state index in [1.165, 1.54) is 6.08 Å². The topological polar surface area (TPSA) is 58.2 Å². The highest BCUT2D eigenvalue weighted by molar-refractivity contribution is 6.30. The Labute approximate surface area is 133 Å². The Bertz CT molecular complexity index is 692. The van der Waals surface area contributed by atoms with Crippen LogP contribution >= 0.6 is 11.6 Å². The molecule has 2 aromatic rings. The Morgan fingerprint density at radius 2 is 1.59 bits per heavy atom. The minimum atomic E-state index is -0.421. The third kappa shape index (κ3) is 4.75. The van der Waals surface area contributed by atoms with Crippen molar-refractivity contribution in [1.29, 1.82) is 0 Å². The number of halogens is 1. The first-order valence-electron chi connectivity index (χ1n) is 6.65. The van der Waals surface area contributed by atoms with Crippen molar-refractivity contribution in [2.24, 2.45) is 0 Å². The van der Waals surface area contributed by atoms with Crippen LogP contribution in [-0.4, -0.2) is 11.8 Å². The maximum Gasteiger partial charge on any atom is 0.269 e. The number of hydrogen-bond acceptors (Lipinski definition) is 2. The maximum absolute atomic E-state index is 11.8. The van der Waals surface area contributed by atoms with Gasteiger partial charge in [-0.2, -0.15) is 0 Å². The minimum absolute atomic E-state index is 0.367. The average Bonchev–Trinajstić information content (AvgIpc) is 2.52. The third-order valence-corrected chi connectivity index (χ3v) is 3.16. The van der Waals surface area contributed by atoms with E-state index in [9.17, 15) is 9.59 Å². The van der Waals surface area contributed by atoms with Crippen molar-refractivity contribution in [2.75, 3.05) is 0 Å². The number of hydrogen-bond donors (Lipinski definition) is 2. The van der Waals surface area contributed by atoms with E-state index in [4.69, 9.17) is 11.6 Å². The molecule has 0 heterocycles. The van der Waals surface area contributed by atoms with Gasteiger partial charge in [0.1, 0.15) is 0 Å². The van der Waals surface area contributed by atoms with E-state index in [2.05, 4.69) is 10.9 Å². The van der Waals surface area contributed by atoms with Crippen LogP contribution in [0, 0.1) is 6.92 Å². The molecule has 0 aromatic heterocycles. The molecule has 4 nitrogen and oxygen atoms in total. The number of aryl methyl sites for hydroxylation is 1. The van der Waals surface area contributed by atoms with Gasteiger partial charge in [0, 0.05) is 16.7 Å². The van der Waals surface area contributed by atoms with Crippen LogP contribution in [0.2, 0.25) is 5.02 Å². The molecule has 0 atom stereocenters. The summed E-state index contributed by atoms with van der Waals surface area (Å²) in [4.78, 5) is 23.4. The molecule has 2 amide bonds. The van der Waals surface area contributed by atoms with Crippen molar-refractivity contribution in [3.8, 4) is 0 Å². The average molecular weight is 315 g/mol. The Morgan fingerprint density at radius 1 is 0.955 bits per heavy atom. The molecule has 0 aliphatic heterocycles. The second-order valence-electron chi connectivity index (χ2n) is 4.69. The first-order chi connectivity index (χ1) is 10.5. The van der Waals surface area contributed by atoms with Crippen molar-refractivity contribution in [1.82, 2.24) is 10.9 Å². The quantitative estimate of drug-likeness (QED) is 0.675. The molecule has 2 aromatic carbocycles. The van der Waals surface area contributed by atoms with Crippen LogP contribution in [0.1, 0.15) is 21.5 Å². The van der Waals surface area contributed by atoms with Gasteiger partial charge >= 0.3 is 0 Å². The number of rotatable bonds is 3. The SMILES string of the molecule is Cc1ccc(C(=O)NNC(=O)C=Cc2ccc(Cl)cc2)cc1. The third-order valence-electron chi connectivity index (χ3n) is 2.91. The smallest absolute Gasteiger partial charge is 0.268 e. The standard InChI is InChI=1S/C17H15ClN2O2/c1-12-2-7-14(8-3-12)17(22)20-19-16(21)11-6-13-4-9-15(18)10-5-13/h2-11H,1H3,(H,19,21)(H,20,22). The minimum Gasteiger partial charge on any atom is -0.268 e. The fourth-order valence-corrected chi connectivity index (χ4v) is 1.81. The summed E-state index contributed by atoms with van der Waals surface area (Å²) < 4.78 is 0. The highest BCUT2D eigenvalue weighted by Crippen LogP contribution is 2.10. The Morgan fingerprint density at radius 3 is 2.23 bits per heavy atom. The fraction of sp³-hybridized carbons (Fsp3) is 0.0588. The van der Waals surface area contributed by atoms with E-state index in [-0.39, 0.29) is 5.91 Å². The molecule has 2 N–H and O–H groups in total. The Hall–Kier alpha value is -2.59. The molecule has 5 heteroatoms. The molecule has 0 fully saturated rings. The molecule has 0 aliphatic carbocycles. The van der Waals surface area contributed by atoms with E-state index < -0.39 is 5.91 Å². The van der Waals surface area contributed by atoms with Crippen LogP contribution in [0.5, 0.6) is 0 Å². The van der Waals surface area contributed by atoms with Crippen molar-refractivity contribution in [3.05, 3.63) is 76.3 Å². The zero-order valence-electron chi connectivity index (χ0n) is 12.0. The summed E-state index contributed by atoms with van der Waals surface area (Å²) in [6.07, 6.45) is 2.96. The molecule has 0 spiro atoms. The van der Waals surface area contributed by atoms with Gasteiger partial charge in [-0.25, -0.2) is 0 Å². The van der Waals surface area contributed by atoms with Crippen LogP contribution in [-0.2, 0) is 4.79 Å². The van der Waals surface area contributed by atoms with Gasteiger partial charge in [0.05, 0.1) is 0 Å². The van der Waals surface area contributed by atoms with E-state index >= 15 is 0 Å². The summed E-state index contributed by atoms with van der Waals surface area (Å²) in [7, 11) is 0. The van der Waals surface area contributed by atoms with Gasteiger partial charge in [-0.15, -0.1) is 0 Å². The highest BCUT2D eigenvalue weighted by atomic mass is 35.5. The van der Waals surface area contributed by atoms with E-state index in [0.29, 0.717) is 10.6 Å². The van der Waals surface area contributed by atoms with Gasteiger partial charge in [0.15, 0.2) is 0 Å². The first kappa shape index (κ1) is 15.8. The molecular weight excluding hydrogens is 300 g/mol. The number of carbonyl (C=O) groups is 2. The predicted molar refractivity (Wildman–Crippen MR) is 87.3 cm³/mol. The zero-order chi connectivity index (χ0) is 15.9. The summed E-state index contributed by atoms with van der Waals surface area (Å²) in [5.74, 6) is -0.788. The van der Waals surface area contributed by atoms with Crippen molar-refractivity contribution in [3.63, 3.8) is 0 Å². The number of benzene rings is 2. The van der Waals surface area contributed by atoms with Gasteiger partial charge < -0.3 is 0 Å². The number of carbonyl (C=O) groups excluding carboxylic acids is 2. The van der Waals surface area contributed by atoms with Gasteiger partial charge in [-0.3, -0.25) is 20.4 Å². The fourth-order valence-electron chi connectivity index (χ4n) is 1.68. The first-order valence-corrected chi connectivity index (χ1v) is 7.03. The molecule has 0 bridgehead atoms. The van der Waals surface area contributed by atoms with E-state index in [1.807, 2.05) is 19.1 Å². The molecule has 0 saturated heterocycles. The van der Waals surface area contributed by atoms with Crippen molar-refractivity contribution in [2.45, 2.75) is 6.92 Å². The molecule has 0 aliphatic rings. The largest absolute Gasteiger partial charge is 0.269 e. The van der Waals surface area contributed by atoms with Gasteiger partial charge in [-0.05, 0) is 42.8 Å². The summed E-state index contributed by atoms with van der Waals surface area (Å²) in [5.41, 5.74) is 7.06. The zero-order valence-corrected chi connectivity index (χ0v) is 12.7.